The van der Waals surface area contributed by atoms with Crippen molar-refractivity contribution in [2.75, 3.05) is 0 Å². The highest BCUT2D eigenvalue weighted by Gasteiger charge is 2.25. The fraction of sp³-hybridized carbons (Fsp3) is 0.357. The molecule has 1 aromatic carbocycles. The molecule has 2 N–H and O–H groups in total. The van der Waals surface area contributed by atoms with Crippen molar-refractivity contribution >= 4 is 11.6 Å². The van der Waals surface area contributed by atoms with Gasteiger partial charge in [0, 0.05) is 23.3 Å². The van der Waals surface area contributed by atoms with E-state index in [-0.39, 0.29) is 0 Å². The summed E-state index contributed by atoms with van der Waals surface area (Å²) >= 11 is 6.02. The van der Waals surface area contributed by atoms with E-state index < -0.39 is 5.54 Å². The van der Waals surface area contributed by atoms with Crippen molar-refractivity contribution in [3.8, 4) is 0 Å². The van der Waals surface area contributed by atoms with Gasteiger partial charge in [0.2, 0.25) is 0 Å². The number of benzene rings is 1. The van der Waals surface area contributed by atoms with Gasteiger partial charge >= 0.3 is 0 Å². The fourth-order valence-corrected chi connectivity index (χ4v) is 2.15. The van der Waals surface area contributed by atoms with Gasteiger partial charge in [-0.1, -0.05) is 30.7 Å². The lowest BCUT2D eigenvalue weighted by atomic mass is 9.88. The van der Waals surface area contributed by atoms with Gasteiger partial charge in [-0.25, -0.2) is 0 Å². The molecule has 0 amide bonds. The molecule has 0 radical (unpaired) electrons. The Bertz CT molecular complexity index is 531. The van der Waals surface area contributed by atoms with Crippen LogP contribution in [0.5, 0.6) is 0 Å². The average molecular weight is 264 g/mol. The van der Waals surface area contributed by atoms with Crippen LogP contribution >= 0.6 is 11.6 Å². The van der Waals surface area contributed by atoms with E-state index in [4.69, 9.17) is 17.3 Å². The summed E-state index contributed by atoms with van der Waals surface area (Å²) in [6.45, 7) is 5.01. The predicted octanol–water partition coefficient (Wildman–Crippen LogP) is 3.17. The van der Waals surface area contributed by atoms with Crippen LogP contribution in [0.15, 0.2) is 36.7 Å². The second-order valence-electron chi connectivity index (χ2n) is 4.70. The van der Waals surface area contributed by atoms with Crippen molar-refractivity contribution in [1.82, 2.24) is 9.78 Å². The van der Waals surface area contributed by atoms with Gasteiger partial charge in [0.15, 0.2) is 0 Å². The number of nitrogens with zero attached hydrogens (tertiary/aromatic N) is 2. The first-order valence-electron chi connectivity index (χ1n) is 6.12. The number of hydrogen-bond acceptors (Lipinski definition) is 2. The summed E-state index contributed by atoms with van der Waals surface area (Å²) in [7, 11) is 0. The lowest BCUT2D eigenvalue weighted by Crippen LogP contribution is -2.33. The van der Waals surface area contributed by atoms with Crippen LogP contribution in [-0.2, 0) is 12.1 Å². The Labute approximate surface area is 113 Å². The molecule has 3 nitrogen and oxygen atoms in total. The molecule has 1 aromatic heterocycles. The van der Waals surface area contributed by atoms with Crippen LogP contribution in [0.3, 0.4) is 0 Å². The van der Waals surface area contributed by atoms with Crippen molar-refractivity contribution in [3.05, 3.63) is 52.8 Å². The van der Waals surface area contributed by atoms with E-state index in [2.05, 4.69) is 12.0 Å². The van der Waals surface area contributed by atoms with Crippen LogP contribution in [0.1, 0.15) is 31.4 Å². The topological polar surface area (TPSA) is 43.8 Å². The molecule has 0 spiro atoms. The highest BCUT2D eigenvalue weighted by Crippen LogP contribution is 2.27. The Hall–Kier alpha value is -1.32. The third-order valence-electron chi connectivity index (χ3n) is 3.11. The Kier molecular flexibility index (Phi) is 3.73. The summed E-state index contributed by atoms with van der Waals surface area (Å²) in [5, 5.41) is 5.02. The normalized spacial score (nSPS) is 14.4. The minimum atomic E-state index is -0.573. The van der Waals surface area contributed by atoms with Gasteiger partial charge in [-0.15, -0.1) is 0 Å². The van der Waals surface area contributed by atoms with Gasteiger partial charge in [-0.2, -0.15) is 5.10 Å². The van der Waals surface area contributed by atoms with Crippen LogP contribution in [-0.4, -0.2) is 9.78 Å². The third kappa shape index (κ3) is 2.57. The number of rotatable bonds is 4. The quantitative estimate of drug-likeness (QED) is 0.921. The van der Waals surface area contributed by atoms with Crippen LogP contribution in [0, 0.1) is 0 Å². The minimum absolute atomic E-state index is 0.573. The van der Waals surface area contributed by atoms with E-state index in [1.54, 1.807) is 0 Å². The maximum absolute atomic E-state index is 6.43. The molecule has 0 aliphatic carbocycles. The summed E-state index contributed by atoms with van der Waals surface area (Å²) in [6, 6.07) is 7.66. The second-order valence-corrected chi connectivity index (χ2v) is 5.14. The van der Waals surface area contributed by atoms with Gasteiger partial charge in [0.1, 0.15) is 0 Å². The molecular formula is C14H18ClN3. The number of halogens is 1. The van der Waals surface area contributed by atoms with Crippen molar-refractivity contribution in [2.45, 2.75) is 32.4 Å². The Morgan fingerprint density at radius 3 is 2.83 bits per heavy atom. The summed E-state index contributed by atoms with van der Waals surface area (Å²) in [6.07, 6.45) is 4.89. The van der Waals surface area contributed by atoms with E-state index >= 15 is 0 Å². The van der Waals surface area contributed by atoms with Crippen LogP contribution in [0.25, 0.3) is 0 Å². The first-order valence-corrected chi connectivity index (χ1v) is 6.49. The van der Waals surface area contributed by atoms with E-state index in [0.717, 1.165) is 24.1 Å². The van der Waals surface area contributed by atoms with Crippen molar-refractivity contribution in [2.24, 2.45) is 5.73 Å². The van der Waals surface area contributed by atoms with Gasteiger partial charge < -0.3 is 5.73 Å². The minimum Gasteiger partial charge on any atom is -0.318 e. The van der Waals surface area contributed by atoms with E-state index in [9.17, 15) is 0 Å². The Morgan fingerprint density at radius 1 is 1.39 bits per heavy atom. The molecule has 0 saturated carbocycles. The number of aromatic nitrogens is 2. The van der Waals surface area contributed by atoms with Crippen molar-refractivity contribution in [3.63, 3.8) is 0 Å². The monoisotopic (exact) mass is 263 g/mol. The largest absolute Gasteiger partial charge is 0.318 e. The molecule has 0 fully saturated rings. The summed E-state index contributed by atoms with van der Waals surface area (Å²) in [5.41, 5.74) is 7.84. The molecular weight excluding hydrogens is 246 g/mol. The first kappa shape index (κ1) is 13.1. The molecule has 18 heavy (non-hydrogen) atoms. The Balaban J connectivity index is 2.34. The average Bonchev–Trinajstić information content (AvgIpc) is 2.79. The fourth-order valence-electron chi connectivity index (χ4n) is 1.96. The Morgan fingerprint density at radius 2 is 2.17 bits per heavy atom. The standard InChI is InChI=1S/C14H18ClN3/c1-3-7-18-10-12(9-17-18)14(2,16)11-5-4-6-13(15)8-11/h4-6,8-10H,3,7,16H2,1-2H3. The number of hydrogen-bond donors (Lipinski definition) is 1. The summed E-state index contributed by atoms with van der Waals surface area (Å²) in [5.74, 6) is 0. The second kappa shape index (κ2) is 5.12. The van der Waals surface area contributed by atoms with E-state index in [0.29, 0.717) is 5.02 Å². The highest BCUT2D eigenvalue weighted by molar-refractivity contribution is 6.30. The van der Waals surface area contributed by atoms with Crippen LogP contribution in [0.2, 0.25) is 5.02 Å². The zero-order valence-electron chi connectivity index (χ0n) is 10.7. The molecule has 96 valence electrons. The highest BCUT2D eigenvalue weighted by atomic mass is 35.5. The summed E-state index contributed by atoms with van der Waals surface area (Å²) < 4.78 is 1.92. The first-order chi connectivity index (χ1) is 8.54. The molecule has 2 aromatic rings. The maximum atomic E-state index is 6.43. The van der Waals surface area contributed by atoms with Crippen LogP contribution < -0.4 is 5.73 Å². The molecule has 0 aliphatic heterocycles. The van der Waals surface area contributed by atoms with Crippen molar-refractivity contribution < 1.29 is 0 Å². The predicted molar refractivity (Wildman–Crippen MR) is 74.6 cm³/mol. The third-order valence-corrected chi connectivity index (χ3v) is 3.35. The van der Waals surface area contributed by atoms with Gasteiger partial charge in [0.25, 0.3) is 0 Å². The van der Waals surface area contributed by atoms with Gasteiger partial charge in [-0.05, 0) is 31.0 Å². The van der Waals surface area contributed by atoms with Gasteiger partial charge in [-0.3, -0.25) is 4.68 Å². The lowest BCUT2D eigenvalue weighted by Gasteiger charge is -2.24. The van der Waals surface area contributed by atoms with Gasteiger partial charge in [0.05, 0.1) is 11.7 Å². The molecule has 2 rings (SSSR count). The van der Waals surface area contributed by atoms with Crippen molar-refractivity contribution in [1.29, 1.82) is 0 Å². The smallest absolute Gasteiger partial charge is 0.0668 e. The molecule has 1 unspecified atom stereocenters. The molecule has 1 atom stereocenters. The molecule has 0 bridgehead atoms. The van der Waals surface area contributed by atoms with Crippen LogP contribution in [0.4, 0.5) is 0 Å². The lowest BCUT2D eigenvalue weighted by molar-refractivity contribution is 0.586. The molecule has 1 heterocycles. The maximum Gasteiger partial charge on any atom is 0.0668 e. The summed E-state index contributed by atoms with van der Waals surface area (Å²) in [4.78, 5) is 0. The van der Waals surface area contributed by atoms with E-state index in [1.807, 2.05) is 48.3 Å². The number of aryl methyl sites for hydroxylation is 1. The molecule has 4 heteroatoms. The SMILES string of the molecule is CCCn1cc(C(C)(N)c2cccc(Cl)c2)cn1. The zero-order valence-corrected chi connectivity index (χ0v) is 11.5. The number of nitrogens with two attached hydrogens (primary N) is 1. The zero-order chi connectivity index (χ0) is 13.2. The van der Waals surface area contributed by atoms with E-state index in [1.165, 1.54) is 0 Å². The molecule has 0 saturated heterocycles. The molecule has 0 aliphatic rings.